The SMILES string of the molecule is Cc1cnnc(OCCNC(C)C)c1. The van der Waals surface area contributed by atoms with E-state index in [9.17, 15) is 0 Å². The number of aryl methyl sites for hydroxylation is 1. The van der Waals surface area contributed by atoms with Crippen LogP contribution in [0.3, 0.4) is 0 Å². The molecule has 0 radical (unpaired) electrons. The van der Waals surface area contributed by atoms with Crippen LogP contribution in [0, 0.1) is 6.92 Å². The van der Waals surface area contributed by atoms with Gasteiger partial charge in [-0.05, 0) is 12.5 Å². The molecule has 1 rings (SSSR count). The zero-order valence-corrected chi connectivity index (χ0v) is 8.95. The van der Waals surface area contributed by atoms with Gasteiger partial charge in [-0.25, -0.2) is 0 Å². The first kappa shape index (κ1) is 10.9. The van der Waals surface area contributed by atoms with Crippen molar-refractivity contribution in [2.45, 2.75) is 26.8 Å². The van der Waals surface area contributed by atoms with Crippen LogP contribution in [-0.4, -0.2) is 29.4 Å². The predicted molar refractivity (Wildman–Crippen MR) is 55.4 cm³/mol. The number of ether oxygens (including phenoxy) is 1. The van der Waals surface area contributed by atoms with Gasteiger partial charge in [0.25, 0.3) is 0 Å². The Labute approximate surface area is 84.7 Å². The van der Waals surface area contributed by atoms with Gasteiger partial charge in [-0.15, -0.1) is 5.10 Å². The Hall–Kier alpha value is -1.16. The molecule has 0 saturated carbocycles. The first-order valence-electron chi connectivity index (χ1n) is 4.84. The van der Waals surface area contributed by atoms with Crippen molar-refractivity contribution in [1.29, 1.82) is 0 Å². The minimum atomic E-state index is 0.488. The lowest BCUT2D eigenvalue weighted by atomic mass is 10.3. The minimum absolute atomic E-state index is 0.488. The molecule has 0 bridgehead atoms. The Balaban J connectivity index is 2.25. The predicted octanol–water partition coefficient (Wildman–Crippen LogP) is 1.16. The second kappa shape index (κ2) is 5.54. The van der Waals surface area contributed by atoms with E-state index >= 15 is 0 Å². The van der Waals surface area contributed by atoms with Crippen LogP contribution in [-0.2, 0) is 0 Å². The van der Waals surface area contributed by atoms with Crippen molar-refractivity contribution in [2.24, 2.45) is 0 Å². The average molecular weight is 195 g/mol. The maximum absolute atomic E-state index is 5.40. The van der Waals surface area contributed by atoms with E-state index in [0.717, 1.165) is 12.1 Å². The van der Waals surface area contributed by atoms with Crippen molar-refractivity contribution in [3.8, 4) is 5.88 Å². The maximum atomic E-state index is 5.40. The molecule has 0 aliphatic heterocycles. The van der Waals surface area contributed by atoms with E-state index < -0.39 is 0 Å². The standard InChI is InChI=1S/C10H17N3O/c1-8(2)11-4-5-14-10-6-9(3)7-12-13-10/h6-8,11H,4-5H2,1-3H3. The van der Waals surface area contributed by atoms with E-state index in [0.29, 0.717) is 18.5 Å². The molecule has 14 heavy (non-hydrogen) atoms. The third-order valence-corrected chi connectivity index (χ3v) is 1.67. The third kappa shape index (κ3) is 4.18. The van der Waals surface area contributed by atoms with Gasteiger partial charge in [-0.1, -0.05) is 13.8 Å². The number of nitrogens with one attached hydrogen (secondary N) is 1. The third-order valence-electron chi connectivity index (χ3n) is 1.67. The first-order valence-corrected chi connectivity index (χ1v) is 4.84. The Bertz CT molecular complexity index is 276. The number of hydrogen-bond donors (Lipinski definition) is 1. The molecular formula is C10H17N3O. The van der Waals surface area contributed by atoms with Crippen molar-refractivity contribution in [1.82, 2.24) is 15.5 Å². The Morgan fingerprint density at radius 1 is 1.50 bits per heavy atom. The van der Waals surface area contributed by atoms with E-state index in [1.165, 1.54) is 0 Å². The van der Waals surface area contributed by atoms with Crippen LogP contribution in [0.25, 0.3) is 0 Å². The van der Waals surface area contributed by atoms with Crippen molar-refractivity contribution in [3.63, 3.8) is 0 Å². The fraction of sp³-hybridized carbons (Fsp3) is 0.600. The largest absolute Gasteiger partial charge is 0.475 e. The highest BCUT2D eigenvalue weighted by Crippen LogP contribution is 2.05. The average Bonchev–Trinajstić information content (AvgIpc) is 2.12. The van der Waals surface area contributed by atoms with Crippen LogP contribution in [0.15, 0.2) is 12.3 Å². The molecule has 4 nitrogen and oxygen atoms in total. The summed E-state index contributed by atoms with van der Waals surface area (Å²) in [4.78, 5) is 0. The van der Waals surface area contributed by atoms with E-state index in [2.05, 4.69) is 29.4 Å². The number of rotatable bonds is 5. The lowest BCUT2D eigenvalue weighted by Crippen LogP contribution is -2.27. The van der Waals surface area contributed by atoms with Crippen LogP contribution in [0.4, 0.5) is 0 Å². The van der Waals surface area contributed by atoms with Crippen LogP contribution in [0.2, 0.25) is 0 Å². The van der Waals surface area contributed by atoms with Gasteiger partial charge in [0.1, 0.15) is 6.61 Å². The lowest BCUT2D eigenvalue weighted by Gasteiger charge is -2.08. The molecule has 0 aromatic carbocycles. The molecule has 0 saturated heterocycles. The summed E-state index contributed by atoms with van der Waals surface area (Å²) in [7, 11) is 0. The molecule has 1 heterocycles. The lowest BCUT2D eigenvalue weighted by molar-refractivity contribution is 0.294. The Kier molecular flexibility index (Phi) is 4.32. The van der Waals surface area contributed by atoms with Crippen molar-refractivity contribution < 1.29 is 4.74 Å². The summed E-state index contributed by atoms with van der Waals surface area (Å²) in [6, 6.07) is 2.37. The van der Waals surface area contributed by atoms with Gasteiger partial charge in [-0.3, -0.25) is 0 Å². The van der Waals surface area contributed by atoms with Crippen molar-refractivity contribution in [3.05, 3.63) is 17.8 Å². The maximum Gasteiger partial charge on any atom is 0.233 e. The second-order valence-electron chi connectivity index (χ2n) is 3.53. The van der Waals surface area contributed by atoms with Gasteiger partial charge >= 0.3 is 0 Å². The van der Waals surface area contributed by atoms with Crippen LogP contribution in [0.1, 0.15) is 19.4 Å². The van der Waals surface area contributed by atoms with Gasteiger partial charge in [0.05, 0.1) is 6.20 Å². The fourth-order valence-electron chi connectivity index (χ4n) is 1.01. The van der Waals surface area contributed by atoms with Crippen LogP contribution >= 0.6 is 0 Å². The van der Waals surface area contributed by atoms with E-state index in [-0.39, 0.29) is 0 Å². The quantitative estimate of drug-likeness (QED) is 0.716. The van der Waals surface area contributed by atoms with E-state index in [1.54, 1.807) is 6.20 Å². The summed E-state index contributed by atoms with van der Waals surface area (Å²) >= 11 is 0. The second-order valence-corrected chi connectivity index (χ2v) is 3.53. The zero-order chi connectivity index (χ0) is 10.4. The Morgan fingerprint density at radius 3 is 2.93 bits per heavy atom. The van der Waals surface area contributed by atoms with Gasteiger partial charge in [0, 0.05) is 18.7 Å². The number of aromatic nitrogens is 2. The summed E-state index contributed by atoms with van der Waals surface area (Å²) in [6.07, 6.45) is 1.71. The highest BCUT2D eigenvalue weighted by Gasteiger charge is 1.96. The molecule has 1 N–H and O–H groups in total. The van der Waals surface area contributed by atoms with Crippen LogP contribution in [0.5, 0.6) is 5.88 Å². The molecule has 4 heteroatoms. The monoisotopic (exact) mass is 195 g/mol. The summed E-state index contributed by atoms with van der Waals surface area (Å²) in [6.45, 7) is 7.62. The molecule has 78 valence electrons. The molecule has 0 fully saturated rings. The normalized spacial score (nSPS) is 10.6. The molecule has 0 unspecified atom stereocenters. The molecule has 0 aliphatic carbocycles. The highest BCUT2D eigenvalue weighted by atomic mass is 16.5. The van der Waals surface area contributed by atoms with Gasteiger partial charge in [0.2, 0.25) is 5.88 Å². The smallest absolute Gasteiger partial charge is 0.233 e. The van der Waals surface area contributed by atoms with E-state index in [4.69, 9.17) is 4.74 Å². The van der Waals surface area contributed by atoms with Crippen LogP contribution < -0.4 is 10.1 Å². The van der Waals surface area contributed by atoms with Gasteiger partial charge in [0.15, 0.2) is 0 Å². The van der Waals surface area contributed by atoms with Crippen molar-refractivity contribution >= 4 is 0 Å². The minimum Gasteiger partial charge on any atom is -0.475 e. The summed E-state index contributed by atoms with van der Waals surface area (Å²) < 4.78 is 5.40. The molecule has 0 amide bonds. The summed E-state index contributed by atoms with van der Waals surface area (Å²) in [5.74, 6) is 0.593. The molecule has 1 aromatic heterocycles. The molecule has 0 spiro atoms. The topological polar surface area (TPSA) is 47.0 Å². The zero-order valence-electron chi connectivity index (χ0n) is 8.95. The summed E-state index contributed by atoms with van der Waals surface area (Å²) in [5, 5.41) is 10.9. The number of hydrogen-bond acceptors (Lipinski definition) is 4. The first-order chi connectivity index (χ1) is 6.68. The van der Waals surface area contributed by atoms with E-state index in [1.807, 2.05) is 13.0 Å². The Morgan fingerprint density at radius 2 is 2.29 bits per heavy atom. The molecule has 0 atom stereocenters. The number of nitrogens with zero attached hydrogens (tertiary/aromatic N) is 2. The molecule has 1 aromatic rings. The van der Waals surface area contributed by atoms with Crippen molar-refractivity contribution in [2.75, 3.05) is 13.2 Å². The molecule has 0 aliphatic rings. The molecular weight excluding hydrogens is 178 g/mol. The fourth-order valence-corrected chi connectivity index (χ4v) is 1.01. The van der Waals surface area contributed by atoms with Gasteiger partial charge in [-0.2, -0.15) is 5.10 Å². The summed E-state index contributed by atoms with van der Waals surface area (Å²) in [5.41, 5.74) is 1.06. The highest BCUT2D eigenvalue weighted by molar-refractivity contribution is 5.14. The van der Waals surface area contributed by atoms with Gasteiger partial charge < -0.3 is 10.1 Å².